The van der Waals surface area contributed by atoms with E-state index in [0.717, 1.165) is 10.9 Å². The van der Waals surface area contributed by atoms with Gasteiger partial charge in [0.2, 0.25) is 5.28 Å². The number of rotatable bonds is 2. The third-order valence-corrected chi connectivity index (χ3v) is 3.44. The second-order valence-electron chi connectivity index (χ2n) is 4.58. The highest BCUT2D eigenvalue weighted by atomic mass is 35.5. The number of fused-ring (bicyclic) bond motifs is 1. The number of nitrogens with two attached hydrogens (primary N) is 1. The minimum atomic E-state index is -3.15. The minimum Gasteiger partial charge on any atom is -0.394 e. The van der Waals surface area contributed by atoms with Crippen LogP contribution in [0.5, 0.6) is 0 Å². The van der Waals surface area contributed by atoms with Gasteiger partial charge in [-0.1, -0.05) is 0 Å². The summed E-state index contributed by atoms with van der Waals surface area (Å²) in [6, 6.07) is 0. The molecule has 2 aromatic heterocycles. The molecule has 0 radical (unpaired) electrons. The Labute approximate surface area is 121 Å². The molecule has 2 aromatic rings. The van der Waals surface area contributed by atoms with Crippen LogP contribution in [0.3, 0.4) is 0 Å². The molecular weight excluding hydrogens is 309 g/mol. The number of anilines is 1. The molecule has 9 nitrogen and oxygen atoms in total. The fourth-order valence-corrected chi connectivity index (χ4v) is 2.40. The molecular formula is C10H11ClFN5O4. The van der Waals surface area contributed by atoms with Crippen molar-refractivity contribution in [1.82, 2.24) is 19.5 Å². The molecule has 0 saturated carbocycles. The van der Waals surface area contributed by atoms with E-state index in [2.05, 4.69) is 15.0 Å². The fraction of sp³-hybridized carbons (Fsp3) is 0.500. The zero-order valence-electron chi connectivity index (χ0n) is 10.4. The third kappa shape index (κ3) is 2.03. The average Bonchev–Trinajstić information content (AvgIpc) is 2.91. The molecule has 0 aromatic carbocycles. The average molecular weight is 320 g/mol. The van der Waals surface area contributed by atoms with E-state index in [9.17, 15) is 14.6 Å². The number of nitrogens with zero attached hydrogens (tertiary/aromatic N) is 4. The number of halogens is 2. The second-order valence-corrected chi connectivity index (χ2v) is 4.92. The Balaban J connectivity index is 2.13. The Bertz CT molecular complexity index is 695. The predicted molar refractivity (Wildman–Crippen MR) is 67.8 cm³/mol. The van der Waals surface area contributed by atoms with E-state index >= 15 is 0 Å². The van der Waals surface area contributed by atoms with E-state index in [1.54, 1.807) is 0 Å². The summed E-state index contributed by atoms with van der Waals surface area (Å²) < 4.78 is 20.5. The van der Waals surface area contributed by atoms with Crippen LogP contribution in [0.1, 0.15) is 6.23 Å². The van der Waals surface area contributed by atoms with E-state index < -0.39 is 30.9 Å². The summed E-state index contributed by atoms with van der Waals surface area (Å²) in [4.78, 5) is 11.4. The summed E-state index contributed by atoms with van der Waals surface area (Å²) in [5, 5.41) is 28.3. The third-order valence-electron chi connectivity index (χ3n) is 3.27. The molecule has 114 valence electrons. The molecule has 0 unspecified atom stereocenters. The van der Waals surface area contributed by atoms with Crippen molar-refractivity contribution in [3.8, 4) is 0 Å². The van der Waals surface area contributed by atoms with Crippen molar-refractivity contribution in [2.45, 2.75) is 24.3 Å². The van der Waals surface area contributed by atoms with Gasteiger partial charge in [-0.05, 0) is 11.6 Å². The molecule has 1 aliphatic rings. The number of ether oxygens (including phenoxy) is 1. The zero-order valence-corrected chi connectivity index (χ0v) is 11.1. The van der Waals surface area contributed by atoms with Gasteiger partial charge in [0.1, 0.15) is 17.7 Å². The zero-order chi connectivity index (χ0) is 15.4. The Morgan fingerprint density at radius 2 is 2.24 bits per heavy atom. The van der Waals surface area contributed by atoms with Gasteiger partial charge in [0, 0.05) is 0 Å². The molecule has 0 bridgehead atoms. The van der Waals surface area contributed by atoms with Crippen molar-refractivity contribution in [2.75, 3.05) is 12.3 Å². The molecule has 0 spiro atoms. The van der Waals surface area contributed by atoms with Crippen molar-refractivity contribution in [3.05, 3.63) is 11.6 Å². The monoisotopic (exact) mass is 319 g/mol. The van der Waals surface area contributed by atoms with Crippen molar-refractivity contribution in [3.63, 3.8) is 0 Å². The molecule has 0 aliphatic carbocycles. The van der Waals surface area contributed by atoms with E-state index in [0.29, 0.717) is 0 Å². The number of hydrogen-bond acceptors (Lipinski definition) is 8. The standard InChI is InChI=1S/C10H11ClFN5O4/c11-9-15-6(13)4-7(16-9)17(2-14-4)8-10(12,20)5(19)3(1-18)21-8/h2-3,5,8,18-20H,1H2,(H2,13,15,16)/t3-,5-,8-,10-/m1/s1. The topological polar surface area (TPSA) is 140 Å². The van der Waals surface area contributed by atoms with Gasteiger partial charge in [-0.15, -0.1) is 0 Å². The van der Waals surface area contributed by atoms with Crippen LogP contribution in [0.15, 0.2) is 6.33 Å². The SMILES string of the molecule is Nc1nc(Cl)nc2c1ncn2[C@@H]1O[C@H](CO)[C@@H](O)[C@]1(O)F. The molecule has 11 heteroatoms. The Hall–Kier alpha value is -1.59. The number of aromatic nitrogens is 4. The van der Waals surface area contributed by atoms with Crippen molar-refractivity contribution in [2.24, 2.45) is 0 Å². The van der Waals surface area contributed by atoms with Gasteiger partial charge in [-0.25, -0.2) is 9.37 Å². The van der Waals surface area contributed by atoms with E-state index in [4.69, 9.17) is 27.2 Å². The lowest BCUT2D eigenvalue weighted by atomic mass is 10.1. The van der Waals surface area contributed by atoms with Crippen molar-refractivity contribution in [1.29, 1.82) is 0 Å². The Kier molecular flexibility index (Phi) is 3.22. The van der Waals surface area contributed by atoms with Crippen LogP contribution in [0, 0.1) is 0 Å². The number of alkyl halides is 1. The predicted octanol–water partition coefficient (Wildman–Crippen LogP) is -1.03. The van der Waals surface area contributed by atoms with Crippen LogP contribution in [-0.2, 0) is 4.74 Å². The summed E-state index contributed by atoms with van der Waals surface area (Å²) >= 11 is 5.69. The number of imidazole rings is 1. The first-order valence-corrected chi connectivity index (χ1v) is 6.25. The van der Waals surface area contributed by atoms with Crippen LogP contribution >= 0.6 is 11.6 Å². The van der Waals surface area contributed by atoms with Crippen LogP contribution < -0.4 is 5.73 Å². The fourth-order valence-electron chi connectivity index (χ4n) is 2.23. The Morgan fingerprint density at radius 3 is 2.86 bits per heavy atom. The van der Waals surface area contributed by atoms with Gasteiger partial charge in [-0.3, -0.25) is 4.57 Å². The molecule has 1 saturated heterocycles. The lowest BCUT2D eigenvalue weighted by Crippen LogP contribution is -2.43. The molecule has 0 amide bonds. The number of hydrogen-bond donors (Lipinski definition) is 4. The number of nitrogen functional groups attached to an aromatic ring is 1. The van der Waals surface area contributed by atoms with Gasteiger partial charge in [0.05, 0.1) is 12.9 Å². The highest BCUT2D eigenvalue weighted by Crippen LogP contribution is 2.40. The van der Waals surface area contributed by atoms with Crippen LogP contribution in [0.4, 0.5) is 10.2 Å². The summed E-state index contributed by atoms with van der Waals surface area (Å²) in [6.45, 7) is -0.672. The van der Waals surface area contributed by atoms with Crippen LogP contribution in [0.25, 0.3) is 11.2 Å². The normalized spacial score (nSPS) is 32.9. The second kappa shape index (κ2) is 4.71. The van der Waals surface area contributed by atoms with E-state index in [1.807, 2.05) is 0 Å². The Morgan fingerprint density at radius 1 is 1.52 bits per heavy atom. The summed E-state index contributed by atoms with van der Waals surface area (Å²) in [6.07, 6.45) is -3.77. The summed E-state index contributed by atoms with van der Waals surface area (Å²) in [5.74, 6) is -3.17. The van der Waals surface area contributed by atoms with Gasteiger partial charge >= 0.3 is 0 Å². The maximum absolute atomic E-state index is 14.3. The molecule has 4 atom stereocenters. The minimum absolute atomic E-state index is 0.0246. The van der Waals surface area contributed by atoms with Gasteiger partial charge < -0.3 is 25.8 Å². The molecule has 1 aliphatic heterocycles. The highest BCUT2D eigenvalue weighted by Gasteiger charge is 2.57. The summed E-state index contributed by atoms with van der Waals surface area (Å²) in [7, 11) is 0. The van der Waals surface area contributed by atoms with Gasteiger partial charge in [0.25, 0.3) is 5.85 Å². The molecule has 3 rings (SSSR count). The number of aliphatic hydroxyl groups excluding tert-OH is 2. The van der Waals surface area contributed by atoms with Crippen LogP contribution in [0.2, 0.25) is 5.28 Å². The quantitative estimate of drug-likeness (QED) is 0.515. The first-order valence-electron chi connectivity index (χ1n) is 5.87. The largest absolute Gasteiger partial charge is 0.394 e. The van der Waals surface area contributed by atoms with E-state index in [-0.39, 0.29) is 22.3 Å². The number of aliphatic hydroxyl groups is 3. The maximum atomic E-state index is 14.3. The van der Waals surface area contributed by atoms with Gasteiger partial charge in [0.15, 0.2) is 17.7 Å². The first-order chi connectivity index (χ1) is 9.86. The maximum Gasteiger partial charge on any atom is 0.281 e. The van der Waals surface area contributed by atoms with Crippen molar-refractivity contribution < 1.29 is 24.4 Å². The lowest BCUT2D eigenvalue weighted by molar-refractivity contribution is -0.195. The van der Waals surface area contributed by atoms with Crippen LogP contribution in [-0.4, -0.2) is 59.5 Å². The molecule has 1 fully saturated rings. The molecule has 21 heavy (non-hydrogen) atoms. The highest BCUT2D eigenvalue weighted by molar-refractivity contribution is 6.28. The smallest absolute Gasteiger partial charge is 0.281 e. The summed E-state index contributed by atoms with van der Waals surface area (Å²) in [5.41, 5.74) is 5.79. The van der Waals surface area contributed by atoms with E-state index in [1.165, 1.54) is 0 Å². The van der Waals surface area contributed by atoms with Gasteiger partial charge in [-0.2, -0.15) is 9.97 Å². The first kappa shape index (κ1) is 14.4. The lowest BCUT2D eigenvalue weighted by Gasteiger charge is -2.23. The van der Waals surface area contributed by atoms with Crippen molar-refractivity contribution >= 4 is 28.6 Å². The molecule has 3 heterocycles. The molecule has 5 N–H and O–H groups in total.